The van der Waals surface area contributed by atoms with E-state index in [1.165, 1.54) is 0 Å². The smallest absolute Gasteiger partial charge is 0.228 e. The molecule has 6 heteroatoms. The normalized spacial score (nSPS) is 13.9. The Hall–Kier alpha value is -3.02. The molecule has 1 saturated heterocycles. The summed E-state index contributed by atoms with van der Waals surface area (Å²) in [6.45, 7) is 1.38. The van der Waals surface area contributed by atoms with Gasteiger partial charge in [-0.2, -0.15) is 0 Å². The van der Waals surface area contributed by atoms with Crippen LogP contribution in [0.1, 0.15) is 30.4 Å². The molecule has 1 fully saturated rings. The van der Waals surface area contributed by atoms with E-state index in [1.54, 1.807) is 26.4 Å². The predicted octanol–water partition coefficient (Wildman–Crippen LogP) is 3.40. The minimum Gasteiger partial charge on any atom is -0.497 e. The van der Waals surface area contributed by atoms with Crippen molar-refractivity contribution >= 4 is 17.5 Å². The molecule has 1 heterocycles. The van der Waals surface area contributed by atoms with Gasteiger partial charge in [0, 0.05) is 36.8 Å². The number of benzene rings is 2. The van der Waals surface area contributed by atoms with E-state index in [2.05, 4.69) is 5.32 Å². The molecule has 2 amide bonds. The van der Waals surface area contributed by atoms with E-state index in [9.17, 15) is 9.59 Å². The molecule has 0 bridgehead atoms. The third-order valence-electron chi connectivity index (χ3n) is 4.85. The first kappa shape index (κ1) is 19.7. The van der Waals surface area contributed by atoms with Gasteiger partial charge in [0.1, 0.15) is 11.5 Å². The average Bonchev–Trinajstić information content (AvgIpc) is 2.70. The summed E-state index contributed by atoms with van der Waals surface area (Å²) >= 11 is 0. The van der Waals surface area contributed by atoms with Gasteiger partial charge in [0.25, 0.3) is 0 Å². The van der Waals surface area contributed by atoms with Crippen molar-refractivity contribution in [2.24, 2.45) is 0 Å². The fraction of sp³-hybridized carbons (Fsp3) is 0.364. The van der Waals surface area contributed by atoms with Gasteiger partial charge in [0.2, 0.25) is 11.8 Å². The Morgan fingerprint density at radius 2 is 1.96 bits per heavy atom. The lowest BCUT2D eigenvalue weighted by molar-refractivity contribution is -0.133. The first-order valence-corrected chi connectivity index (χ1v) is 9.46. The maximum absolute atomic E-state index is 12.5. The number of hydrogen-bond acceptors (Lipinski definition) is 4. The fourth-order valence-electron chi connectivity index (χ4n) is 3.37. The molecule has 6 nitrogen and oxygen atoms in total. The Kier molecular flexibility index (Phi) is 6.53. The minimum absolute atomic E-state index is 0.130. The molecule has 0 saturated carbocycles. The van der Waals surface area contributed by atoms with Crippen molar-refractivity contribution in [3.05, 3.63) is 53.6 Å². The van der Waals surface area contributed by atoms with Gasteiger partial charge in [-0.05, 0) is 36.6 Å². The lowest BCUT2D eigenvalue weighted by atomic mass is 10.1. The molecule has 1 N–H and O–H groups in total. The minimum atomic E-state index is -0.130. The number of nitrogens with zero attached hydrogens (tertiary/aromatic N) is 1. The van der Waals surface area contributed by atoms with Gasteiger partial charge >= 0.3 is 0 Å². The first-order chi connectivity index (χ1) is 13.6. The van der Waals surface area contributed by atoms with Crippen LogP contribution in [0.25, 0.3) is 0 Å². The molecule has 3 rings (SSSR count). The summed E-state index contributed by atoms with van der Waals surface area (Å²) in [4.78, 5) is 26.4. The molecule has 2 aromatic rings. The summed E-state index contributed by atoms with van der Waals surface area (Å²) in [6, 6.07) is 13.0. The van der Waals surface area contributed by atoms with Crippen molar-refractivity contribution < 1.29 is 19.1 Å². The number of likely N-dealkylation sites (tertiary alicyclic amines) is 1. The number of ether oxygens (including phenoxy) is 2. The second kappa shape index (κ2) is 9.26. The van der Waals surface area contributed by atoms with Gasteiger partial charge in [-0.3, -0.25) is 9.59 Å². The highest BCUT2D eigenvalue weighted by atomic mass is 16.5. The average molecular weight is 382 g/mol. The maximum Gasteiger partial charge on any atom is 0.228 e. The zero-order valence-corrected chi connectivity index (χ0v) is 16.4. The van der Waals surface area contributed by atoms with E-state index >= 15 is 0 Å². The number of carbonyl (C=O) groups is 2. The zero-order chi connectivity index (χ0) is 19.9. The van der Waals surface area contributed by atoms with E-state index in [0.717, 1.165) is 36.2 Å². The molecule has 0 aromatic heterocycles. The number of methoxy groups -OCH3 is 2. The van der Waals surface area contributed by atoms with E-state index in [0.29, 0.717) is 24.5 Å². The maximum atomic E-state index is 12.5. The molecule has 2 aromatic carbocycles. The molecular formula is C22H26N2O4. The van der Waals surface area contributed by atoms with Gasteiger partial charge in [-0.15, -0.1) is 0 Å². The van der Waals surface area contributed by atoms with Gasteiger partial charge < -0.3 is 19.7 Å². The van der Waals surface area contributed by atoms with E-state index in [4.69, 9.17) is 9.47 Å². The summed E-state index contributed by atoms with van der Waals surface area (Å²) < 4.78 is 10.5. The molecule has 0 atom stereocenters. The van der Waals surface area contributed by atoms with E-state index in [1.807, 2.05) is 35.2 Å². The number of amides is 2. The van der Waals surface area contributed by atoms with Crippen molar-refractivity contribution in [2.75, 3.05) is 26.1 Å². The summed E-state index contributed by atoms with van der Waals surface area (Å²) in [7, 11) is 3.16. The molecule has 0 unspecified atom stereocenters. The summed E-state index contributed by atoms with van der Waals surface area (Å²) in [5.74, 6) is 1.37. The highest BCUT2D eigenvalue weighted by Gasteiger charge is 2.18. The Morgan fingerprint density at radius 1 is 1.11 bits per heavy atom. The third kappa shape index (κ3) is 5.03. The molecule has 0 spiro atoms. The van der Waals surface area contributed by atoms with Crippen LogP contribution in [0, 0.1) is 0 Å². The number of piperidine rings is 1. The van der Waals surface area contributed by atoms with Crippen molar-refractivity contribution in [1.82, 2.24) is 4.90 Å². The largest absolute Gasteiger partial charge is 0.497 e. The molecule has 28 heavy (non-hydrogen) atoms. The molecule has 1 aliphatic rings. The fourth-order valence-corrected chi connectivity index (χ4v) is 3.37. The highest BCUT2D eigenvalue weighted by molar-refractivity contribution is 5.92. The van der Waals surface area contributed by atoms with Crippen molar-refractivity contribution in [3.63, 3.8) is 0 Å². The van der Waals surface area contributed by atoms with Crippen LogP contribution < -0.4 is 14.8 Å². The monoisotopic (exact) mass is 382 g/mol. The quantitative estimate of drug-likeness (QED) is 0.797. The standard InChI is InChI=1S/C22H26N2O4/c1-27-19-10-9-17(20(14-19)28-2)13-21(25)23-18-7-5-6-16(12-18)15-24-11-4-3-8-22(24)26/h5-7,9-10,12,14H,3-4,8,11,13,15H2,1-2H3,(H,23,25). The van der Waals surface area contributed by atoms with E-state index < -0.39 is 0 Å². The lowest BCUT2D eigenvalue weighted by Crippen LogP contribution is -2.34. The van der Waals surface area contributed by atoms with Crippen molar-refractivity contribution in [1.29, 1.82) is 0 Å². The number of anilines is 1. The summed E-state index contributed by atoms with van der Waals surface area (Å²) in [5.41, 5.74) is 2.52. The molecule has 148 valence electrons. The second-order valence-electron chi connectivity index (χ2n) is 6.88. The third-order valence-corrected chi connectivity index (χ3v) is 4.85. The van der Waals surface area contributed by atoms with Gasteiger partial charge in [0.15, 0.2) is 0 Å². The van der Waals surface area contributed by atoms with E-state index in [-0.39, 0.29) is 18.2 Å². The number of rotatable bonds is 7. The summed E-state index contributed by atoms with van der Waals surface area (Å²) in [5, 5.41) is 2.93. The second-order valence-corrected chi connectivity index (χ2v) is 6.88. The Labute approximate surface area is 165 Å². The lowest BCUT2D eigenvalue weighted by Gasteiger charge is -2.26. The Morgan fingerprint density at radius 3 is 2.71 bits per heavy atom. The molecule has 1 aliphatic heterocycles. The van der Waals surface area contributed by atoms with Crippen LogP contribution >= 0.6 is 0 Å². The Bertz CT molecular complexity index is 850. The van der Waals surface area contributed by atoms with Crippen LogP contribution in [-0.2, 0) is 22.6 Å². The van der Waals surface area contributed by atoms with Crippen LogP contribution in [-0.4, -0.2) is 37.5 Å². The van der Waals surface area contributed by atoms with Crippen LogP contribution in [0.2, 0.25) is 0 Å². The van der Waals surface area contributed by atoms with Crippen molar-refractivity contribution in [3.8, 4) is 11.5 Å². The van der Waals surface area contributed by atoms with Gasteiger partial charge in [-0.25, -0.2) is 0 Å². The number of nitrogens with one attached hydrogen (secondary N) is 1. The number of carbonyl (C=O) groups excluding carboxylic acids is 2. The molecule has 0 radical (unpaired) electrons. The molecule has 0 aliphatic carbocycles. The van der Waals surface area contributed by atoms with Crippen molar-refractivity contribution in [2.45, 2.75) is 32.2 Å². The molecular weight excluding hydrogens is 356 g/mol. The van der Waals surface area contributed by atoms with Crippen LogP contribution in [0.4, 0.5) is 5.69 Å². The van der Waals surface area contributed by atoms with Crippen LogP contribution in [0.5, 0.6) is 11.5 Å². The highest BCUT2D eigenvalue weighted by Crippen LogP contribution is 2.25. The van der Waals surface area contributed by atoms with Gasteiger partial charge in [0.05, 0.1) is 20.6 Å². The zero-order valence-electron chi connectivity index (χ0n) is 16.4. The predicted molar refractivity (Wildman–Crippen MR) is 108 cm³/mol. The SMILES string of the molecule is COc1ccc(CC(=O)Nc2cccc(CN3CCCCC3=O)c2)c(OC)c1. The Balaban J connectivity index is 1.63. The van der Waals surface area contributed by atoms with Crippen LogP contribution in [0.15, 0.2) is 42.5 Å². The summed E-state index contributed by atoms with van der Waals surface area (Å²) in [6.07, 6.45) is 2.84. The first-order valence-electron chi connectivity index (χ1n) is 9.46. The van der Waals surface area contributed by atoms with Crippen LogP contribution in [0.3, 0.4) is 0 Å². The van der Waals surface area contributed by atoms with Gasteiger partial charge in [-0.1, -0.05) is 18.2 Å². The number of hydrogen-bond donors (Lipinski definition) is 1. The topological polar surface area (TPSA) is 67.9 Å².